The molecule has 1 aliphatic heterocycles. The highest BCUT2D eigenvalue weighted by Gasteiger charge is 2.34. The predicted octanol–water partition coefficient (Wildman–Crippen LogP) is 2.99. The summed E-state index contributed by atoms with van der Waals surface area (Å²) in [6, 6.07) is 7.90. The smallest absolute Gasteiger partial charge is 0.410 e. The number of ether oxygens (including phenoxy) is 2. The molecule has 0 bridgehead atoms. The fourth-order valence-corrected chi connectivity index (χ4v) is 2.74. The van der Waals surface area contributed by atoms with Crippen LogP contribution in [0.5, 0.6) is 0 Å². The first-order valence-corrected chi connectivity index (χ1v) is 8.54. The lowest BCUT2D eigenvalue weighted by molar-refractivity contribution is -0.0843. The van der Waals surface area contributed by atoms with E-state index in [1.807, 2.05) is 45.0 Å². The highest BCUT2D eigenvalue weighted by atomic mass is 79.9. The van der Waals surface area contributed by atoms with Crippen LogP contribution >= 0.6 is 15.9 Å². The number of carbonyl (C=O) groups is 1. The lowest BCUT2D eigenvalue weighted by Gasteiger charge is -2.39. The quantitative estimate of drug-likeness (QED) is 0.868. The zero-order valence-electron chi connectivity index (χ0n) is 13.8. The summed E-state index contributed by atoms with van der Waals surface area (Å²) in [5.41, 5.74) is 0.574. The molecule has 1 heterocycles. The molecule has 0 aromatic heterocycles. The third-order valence-corrected chi connectivity index (χ3v) is 4.11. The number of hydrogen-bond donors (Lipinski definition) is 1. The van der Waals surface area contributed by atoms with Crippen molar-refractivity contribution in [3.63, 3.8) is 0 Å². The van der Waals surface area contributed by atoms with Crippen LogP contribution in [0.3, 0.4) is 0 Å². The van der Waals surface area contributed by atoms with Gasteiger partial charge in [0.05, 0.1) is 31.9 Å². The van der Waals surface area contributed by atoms with E-state index in [0.29, 0.717) is 19.6 Å². The van der Waals surface area contributed by atoms with Crippen molar-refractivity contribution in [1.29, 1.82) is 0 Å². The molecule has 0 aliphatic carbocycles. The number of hydrogen-bond acceptors (Lipinski definition) is 4. The largest absolute Gasteiger partial charge is 0.444 e. The maximum Gasteiger partial charge on any atom is 0.410 e. The number of aliphatic hydroxyl groups is 1. The Bertz CT molecular complexity index is 526. The number of morpholine rings is 1. The van der Waals surface area contributed by atoms with Gasteiger partial charge in [0.1, 0.15) is 5.60 Å². The van der Waals surface area contributed by atoms with Crippen LogP contribution in [0.25, 0.3) is 0 Å². The Hall–Kier alpha value is -1.11. The van der Waals surface area contributed by atoms with Crippen molar-refractivity contribution in [3.8, 4) is 0 Å². The van der Waals surface area contributed by atoms with Gasteiger partial charge >= 0.3 is 6.09 Å². The topological polar surface area (TPSA) is 59.0 Å². The number of carbonyl (C=O) groups excluding carboxylic acids is 1. The summed E-state index contributed by atoms with van der Waals surface area (Å²) in [6.45, 7) is 6.16. The van der Waals surface area contributed by atoms with Gasteiger partial charge in [-0.1, -0.05) is 28.1 Å². The van der Waals surface area contributed by atoms with Crippen molar-refractivity contribution in [2.24, 2.45) is 0 Å². The van der Waals surface area contributed by atoms with E-state index in [1.165, 1.54) is 0 Å². The molecule has 2 atom stereocenters. The van der Waals surface area contributed by atoms with Crippen molar-refractivity contribution in [2.75, 3.05) is 19.8 Å². The van der Waals surface area contributed by atoms with Gasteiger partial charge in [0.2, 0.25) is 0 Å². The molecular weight excluding hydrogens is 362 g/mol. The SMILES string of the molecule is CC(C)(C)OC(=O)N1CC(CO)OCC1Cc1ccc(Br)cc1. The molecule has 0 spiro atoms. The predicted molar refractivity (Wildman–Crippen MR) is 91.4 cm³/mol. The summed E-state index contributed by atoms with van der Waals surface area (Å²) >= 11 is 3.42. The third kappa shape index (κ3) is 5.48. The van der Waals surface area contributed by atoms with Crippen LogP contribution in [-0.2, 0) is 15.9 Å². The van der Waals surface area contributed by atoms with Gasteiger partial charge in [0, 0.05) is 4.47 Å². The van der Waals surface area contributed by atoms with E-state index < -0.39 is 5.60 Å². The summed E-state index contributed by atoms with van der Waals surface area (Å²) < 4.78 is 12.2. The number of benzene rings is 1. The normalized spacial score (nSPS) is 22.0. The molecule has 128 valence electrons. The van der Waals surface area contributed by atoms with Crippen molar-refractivity contribution in [2.45, 2.75) is 44.9 Å². The second kappa shape index (κ2) is 7.64. The van der Waals surface area contributed by atoms with Gasteiger partial charge in [-0.2, -0.15) is 0 Å². The molecule has 1 aliphatic rings. The van der Waals surface area contributed by atoms with Crippen LogP contribution in [0.2, 0.25) is 0 Å². The Morgan fingerprint density at radius 1 is 1.39 bits per heavy atom. The van der Waals surface area contributed by atoms with E-state index >= 15 is 0 Å². The maximum atomic E-state index is 12.5. The van der Waals surface area contributed by atoms with Crippen molar-refractivity contribution < 1.29 is 19.4 Å². The molecule has 6 heteroatoms. The first-order chi connectivity index (χ1) is 10.8. The Balaban J connectivity index is 2.11. The molecule has 23 heavy (non-hydrogen) atoms. The maximum absolute atomic E-state index is 12.5. The average Bonchev–Trinajstić information content (AvgIpc) is 2.48. The van der Waals surface area contributed by atoms with Gasteiger partial charge < -0.3 is 14.6 Å². The van der Waals surface area contributed by atoms with Gasteiger partial charge in [-0.3, -0.25) is 4.90 Å². The van der Waals surface area contributed by atoms with Crippen LogP contribution in [-0.4, -0.2) is 53.6 Å². The molecular formula is C17H24BrNO4. The molecule has 1 amide bonds. The van der Waals surface area contributed by atoms with Gasteiger partial charge in [-0.25, -0.2) is 4.79 Å². The molecule has 1 aromatic carbocycles. The molecule has 5 nitrogen and oxygen atoms in total. The zero-order chi connectivity index (χ0) is 17.0. The van der Waals surface area contributed by atoms with E-state index in [1.54, 1.807) is 4.90 Å². The number of nitrogens with zero attached hydrogens (tertiary/aromatic N) is 1. The molecule has 0 saturated carbocycles. The van der Waals surface area contributed by atoms with Gasteiger partial charge in [0.15, 0.2) is 0 Å². The Labute approximate surface area is 145 Å². The fourth-order valence-electron chi connectivity index (χ4n) is 2.47. The second-order valence-corrected chi connectivity index (χ2v) is 7.67. The Kier molecular flexibility index (Phi) is 6.06. The number of aliphatic hydroxyl groups excluding tert-OH is 1. The molecule has 1 N–H and O–H groups in total. The van der Waals surface area contributed by atoms with Crippen molar-refractivity contribution in [1.82, 2.24) is 4.90 Å². The number of amides is 1. The van der Waals surface area contributed by atoms with E-state index in [2.05, 4.69) is 15.9 Å². The Morgan fingerprint density at radius 3 is 2.61 bits per heavy atom. The molecule has 2 rings (SSSR count). The highest BCUT2D eigenvalue weighted by molar-refractivity contribution is 9.10. The van der Waals surface area contributed by atoms with Crippen LogP contribution in [0.1, 0.15) is 26.3 Å². The molecule has 2 unspecified atom stereocenters. The summed E-state index contributed by atoms with van der Waals surface area (Å²) in [5.74, 6) is 0. The second-order valence-electron chi connectivity index (χ2n) is 6.76. The minimum atomic E-state index is -0.549. The minimum absolute atomic E-state index is 0.103. The third-order valence-electron chi connectivity index (χ3n) is 3.58. The van der Waals surface area contributed by atoms with Crippen LogP contribution in [0.4, 0.5) is 4.79 Å². The molecule has 1 saturated heterocycles. The summed E-state index contributed by atoms with van der Waals surface area (Å²) in [6.07, 6.45) is -0.0324. The zero-order valence-corrected chi connectivity index (χ0v) is 15.4. The molecule has 1 fully saturated rings. The van der Waals surface area contributed by atoms with E-state index in [-0.39, 0.29) is 24.8 Å². The molecule has 1 aromatic rings. The first-order valence-electron chi connectivity index (χ1n) is 7.75. The number of rotatable bonds is 3. The lowest BCUT2D eigenvalue weighted by Crippen LogP contribution is -2.55. The fraction of sp³-hybridized carbons (Fsp3) is 0.588. The van der Waals surface area contributed by atoms with E-state index in [0.717, 1.165) is 10.0 Å². The van der Waals surface area contributed by atoms with Crippen molar-refractivity contribution in [3.05, 3.63) is 34.3 Å². The standard InChI is InChI=1S/C17H24BrNO4/c1-17(2,3)23-16(21)19-9-15(10-20)22-11-14(19)8-12-4-6-13(18)7-5-12/h4-7,14-15,20H,8-11H2,1-3H3. The summed E-state index contributed by atoms with van der Waals surface area (Å²) in [7, 11) is 0. The summed E-state index contributed by atoms with van der Waals surface area (Å²) in [5, 5.41) is 9.32. The van der Waals surface area contributed by atoms with Crippen LogP contribution in [0.15, 0.2) is 28.7 Å². The minimum Gasteiger partial charge on any atom is -0.444 e. The average molecular weight is 386 g/mol. The van der Waals surface area contributed by atoms with E-state index in [9.17, 15) is 9.90 Å². The van der Waals surface area contributed by atoms with Crippen LogP contribution < -0.4 is 0 Å². The van der Waals surface area contributed by atoms with Gasteiger partial charge in [-0.05, 0) is 44.9 Å². The monoisotopic (exact) mass is 385 g/mol. The van der Waals surface area contributed by atoms with Crippen molar-refractivity contribution >= 4 is 22.0 Å². The van der Waals surface area contributed by atoms with Crippen LogP contribution in [0, 0.1) is 0 Å². The lowest BCUT2D eigenvalue weighted by atomic mass is 10.0. The highest BCUT2D eigenvalue weighted by Crippen LogP contribution is 2.21. The molecule has 0 radical (unpaired) electrons. The van der Waals surface area contributed by atoms with Gasteiger partial charge in [0.25, 0.3) is 0 Å². The first kappa shape index (κ1) is 18.2. The Morgan fingerprint density at radius 2 is 2.04 bits per heavy atom. The van der Waals surface area contributed by atoms with Gasteiger partial charge in [-0.15, -0.1) is 0 Å². The number of halogens is 1. The van der Waals surface area contributed by atoms with E-state index in [4.69, 9.17) is 9.47 Å². The summed E-state index contributed by atoms with van der Waals surface area (Å²) in [4.78, 5) is 14.2.